The van der Waals surface area contributed by atoms with Crippen molar-refractivity contribution in [2.75, 3.05) is 46.9 Å². The average molecular weight is 502 g/mol. The van der Waals surface area contributed by atoms with E-state index in [0.717, 1.165) is 70.6 Å². The molecule has 1 saturated heterocycles. The molecule has 1 aliphatic heterocycles. The normalized spacial score (nSPS) is 17.0. The van der Waals surface area contributed by atoms with Gasteiger partial charge in [0.05, 0.1) is 17.9 Å². The van der Waals surface area contributed by atoms with Crippen molar-refractivity contribution in [3.05, 3.63) is 59.0 Å². The smallest absolute Gasteiger partial charge is 0.0777 e. The fourth-order valence-corrected chi connectivity index (χ4v) is 4.40. The molecule has 0 aromatic carbocycles. The van der Waals surface area contributed by atoms with E-state index in [0.29, 0.717) is 5.92 Å². The van der Waals surface area contributed by atoms with Gasteiger partial charge < -0.3 is 14.8 Å². The van der Waals surface area contributed by atoms with Gasteiger partial charge >= 0.3 is 0 Å². The number of thiocarbonyl (C=S) groups is 1. The highest BCUT2D eigenvalue weighted by atomic mass is 32.1. The van der Waals surface area contributed by atoms with Crippen LogP contribution in [0.1, 0.15) is 66.7 Å². The van der Waals surface area contributed by atoms with Crippen LogP contribution < -0.4 is 5.84 Å². The van der Waals surface area contributed by atoms with Crippen LogP contribution in [-0.2, 0) is 0 Å². The van der Waals surface area contributed by atoms with Crippen molar-refractivity contribution < 1.29 is 0 Å². The van der Waals surface area contributed by atoms with E-state index >= 15 is 0 Å². The van der Waals surface area contributed by atoms with Gasteiger partial charge in [0, 0.05) is 52.4 Å². The maximum atomic E-state index is 6.52. The van der Waals surface area contributed by atoms with Crippen molar-refractivity contribution in [2.45, 2.75) is 66.7 Å². The second-order valence-electron chi connectivity index (χ2n) is 9.81. The molecule has 0 unspecified atom stereocenters. The lowest BCUT2D eigenvalue weighted by molar-refractivity contribution is 0.128. The summed E-state index contributed by atoms with van der Waals surface area (Å²) in [5.74, 6) is 7.21. The molecule has 1 aliphatic rings. The molecule has 1 rings (SSSR count). The first-order valence-electron chi connectivity index (χ1n) is 13.3. The highest BCUT2D eigenvalue weighted by Crippen LogP contribution is 2.27. The standard InChI is InChI=1S/C29H51N5S/c1-8-11-17-27(14-9-2)29(32(7)30)28(22-26(10-3)16-13-12-15-25(4)5)31(6)23-33-18-20-34(24-35)21-19-33/h10-14,17,24-25H,8-9,15-16,18-23,30H2,1-7H3/b13-12?,17-11-,26-10+,27-14+,29-28-. The molecule has 0 bridgehead atoms. The number of hydrogen-bond acceptors (Lipinski definition) is 5. The quantitative estimate of drug-likeness (QED) is 0.0961. The second-order valence-corrected chi connectivity index (χ2v) is 10.0. The zero-order valence-corrected chi connectivity index (χ0v) is 24.3. The van der Waals surface area contributed by atoms with Crippen LogP contribution in [0.5, 0.6) is 0 Å². The molecule has 0 amide bonds. The minimum atomic E-state index is 0.685. The maximum absolute atomic E-state index is 6.52. The predicted molar refractivity (Wildman–Crippen MR) is 158 cm³/mol. The van der Waals surface area contributed by atoms with Crippen LogP contribution in [0.3, 0.4) is 0 Å². The van der Waals surface area contributed by atoms with Crippen molar-refractivity contribution in [2.24, 2.45) is 11.8 Å². The van der Waals surface area contributed by atoms with Crippen LogP contribution in [0.15, 0.2) is 59.0 Å². The lowest BCUT2D eigenvalue weighted by Crippen LogP contribution is -2.49. The first-order chi connectivity index (χ1) is 16.8. The zero-order valence-electron chi connectivity index (χ0n) is 23.5. The van der Waals surface area contributed by atoms with E-state index in [1.807, 2.05) is 7.05 Å². The van der Waals surface area contributed by atoms with Crippen molar-refractivity contribution in [3.8, 4) is 0 Å². The molecule has 1 heterocycles. The molecule has 35 heavy (non-hydrogen) atoms. The van der Waals surface area contributed by atoms with Crippen LogP contribution in [-0.4, -0.2) is 72.1 Å². The van der Waals surface area contributed by atoms with Gasteiger partial charge in [0.25, 0.3) is 0 Å². The van der Waals surface area contributed by atoms with Crippen LogP contribution in [0.4, 0.5) is 0 Å². The van der Waals surface area contributed by atoms with Gasteiger partial charge in [-0.3, -0.25) is 4.90 Å². The number of likely N-dealkylation sites (N-methyl/N-ethyl adjacent to an activating group) is 1. The predicted octanol–water partition coefficient (Wildman–Crippen LogP) is 6.10. The second kappa shape index (κ2) is 17.5. The highest BCUT2D eigenvalue weighted by molar-refractivity contribution is 7.78. The Labute approximate surface area is 221 Å². The molecular weight excluding hydrogens is 450 g/mol. The minimum absolute atomic E-state index is 0.685. The number of nitrogens with zero attached hydrogens (tertiary/aromatic N) is 4. The molecular formula is C29H51N5S. The summed E-state index contributed by atoms with van der Waals surface area (Å²) in [6, 6.07) is 0. The molecule has 0 aromatic rings. The first kappa shape index (κ1) is 31.1. The first-order valence-corrected chi connectivity index (χ1v) is 13.7. The van der Waals surface area contributed by atoms with E-state index in [1.54, 1.807) is 10.5 Å². The van der Waals surface area contributed by atoms with Crippen LogP contribution >= 0.6 is 12.2 Å². The Balaban J connectivity index is 3.34. The third-order valence-corrected chi connectivity index (χ3v) is 6.54. The Morgan fingerprint density at radius 2 is 1.71 bits per heavy atom. The number of nitrogens with two attached hydrogens (primary N) is 1. The molecule has 2 N–H and O–H groups in total. The molecule has 0 saturated carbocycles. The summed E-state index contributed by atoms with van der Waals surface area (Å²) in [5, 5.41) is 1.80. The van der Waals surface area contributed by atoms with E-state index in [2.05, 4.69) is 92.8 Å². The van der Waals surface area contributed by atoms with E-state index in [1.165, 1.54) is 16.8 Å². The molecule has 0 radical (unpaired) electrons. The molecule has 6 heteroatoms. The van der Waals surface area contributed by atoms with E-state index < -0.39 is 0 Å². The molecule has 0 atom stereocenters. The maximum Gasteiger partial charge on any atom is 0.0777 e. The van der Waals surface area contributed by atoms with Gasteiger partial charge in [-0.2, -0.15) is 0 Å². The molecule has 1 fully saturated rings. The summed E-state index contributed by atoms with van der Waals surface area (Å²) < 4.78 is 0. The number of rotatable bonds is 15. The monoisotopic (exact) mass is 501 g/mol. The Morgan fingerprint density at radius 1 is 1.03 bits per heavy atom. The summed E-state index contributed by atoms with van der Waals surface area (Å²) in [7, 11) is 4.17. The van der Waals surface area contributed by atoms with Gasteiger partial charge in [0.2, 0.25) is 0 Å². The van der Waals surface area contributed by atoms with E-state index in [9.17, 15) is 0 Å². The number of piperazine rings is 1. The summed E-state index contributed by atoms with van der Waals surface area (Å²) in [4.78, 5) is 7.13. The minimum Gasteiger partial charge on any atom is -0.366 e. The van der Waals surface area contributed by atoms with E-state index in [-0.39, 0.29) is 0 Å². The van der Waals surface area contributed by atoms with Crippen molar-refractivity contribution >= 4 is 17.7 Å². The highest BCUT2D eigenvalue weighted by Gasteiger charge is 2.21. The number of allylic oxidation sites excluding steroid dienone is 7. The largest absolute Gasteiger partial charge is 0.366 e. The van der Waals surface area contributed by atoms with E-state index in [4.69, 9.17) is 18.1 Å². The van der Waals surface area contributed by atoms with Gasteiger partial charge in [0.1, 0.15) is 0 Å². The van der Waals surface area contributed by atoms with Gasteiger partial charge in [-0.1, -0.05) is 81.9 Å². The topological polar surface area (TPSA) is 39.0 Å². The van der Waals surface area contributed by atoms with Crippen LogP contribution in [0.2, 0.25) is 0 Å². The summed E-state index contributed by atoms with van der Waals surface area (Å²) in [6.07, 6.45) is 18.6. The number of hydrogen-bond donors (Lipinski definition) is 1. The molecule has 5 nitrogen and oxygen atoms in total. The Morgan fingerprint density at radius 3 is 2.23 bits per heavy atom. The van der Waals surface area contributed by atoms with Crippen LogP contribution in [0, 0.1) is 5.92 Å². The summed E-state index contributed by atoms with van der Waals surface area (Å²) >= 11 is 5.13. The van der Waals surface area contributed by atoms with Gasteiger partial charge in [0.15, 0.2) is 0 Å². The Hall–Kier alpha value is -1.89. The van der Waals surface area contributed by atoms with Crippen LogP contribution in [0.25, 0.3) is 0 Å². The third kappa shape index (κ3) is 11.6. The SMILES string of the molecule is C/C=C(\CC=CCC(C)C)C\C(=C(C(/C=C\CC)=C/CC)\N(C)N)N(C)CN1CCN(C=S)CC1. The van der Waals surface area contributed by atoms with Gasteiger partial charge in [-0.05, 0) is 44.1 Å². The summed E-state index contributed by atoms with van der Waals surface area (Å²) in [6.45, 7) is 15.9. The molecule has 0 aromatic heterocycles. The van der Waals surface area contributed by atoms with Gasteiger partial charge in [-0.25, -0.2) is 5.84 Å². The average Bonchev–Trinajstić information content (AvgIpc) is 2.83. The fourth-order valence-electron chi connectivity index (χ4n) is 4.19. The van der Waals surface area contributed by atoms with Crippen molar-refractivity contribution in [1.82, 2.24) is 19.7 Å². The summed E-state index contributed by atoms with van der Waals surface area (Å²) in [5.41, 5.74) is 6.76. The lowest BCUT2D eigenvalue weighted by atomic mass is 9.99. The fraction of sp³-hybridized carbons (Fsp3) is 0.621. The molecule has 198 valence electrons. The number of hydrazine groups is 1. The Bertz CT molecular complexity index is 768. The third-order valence-electron chi connectivity index (χ3n) is 6.24. The van der Waals surface area contributed by atoms with Crippen molar-refractivity contribution in [1.29, 1.82) is 0 Å². The Kier molecular flexibility index (Phi) is 15.6. The van der Waals surface area contributed by atoms with Crippen molar-refractivity contribution in [3.63, 3.8) is 0 Å². The zero-order chi connectivity index (χ0) is 26.2. The molecule has 0 spiro atoms. The molecule has 0 aliphatic carbocycles. The van der Waals surface area contributed by atoms with Gasteiger partial charge in [-0.15, -0.1) is 0 Å². The lowest BCUT2D eigenvalue weighted by Gasteiger charge is -2.38.